The zero-order valence-electron chi connectivity index (χ0n) is 11.6. The molecular formula is C14H22N2O2S. The molecule has 5 heteroatoms. The fourth-order valence-electron chi connectivity index (χ4n) is 1.65. The van der Waals surface area contributed by atoms with Gasteiger partial charge in [0.2, 0.25) is 5.91 Å². The molecule has 0 radical (unpaired) electrons. The summed E-state index contributed by atoms with van der Waals surface area (Å²) in [6.07, 6.45) is 3.32. The van der Waals surface area contributed by atoms with Crippen molar-refractivity contribution in [2.75, 3.05) is 24.7 Å². The highest BCUT2D eigenvalue weighted by Crippen LogP contribution is 2.22. The molecule has 0 aliphatic heterocycles. The van der Waals surface area contributed by atoms with Crippen LogP contribution in [0.15, 0.2) is 29.2 Å². The maximum Gasteiger partial charge on any atom is 0.243 e. The Labute approximate surface area is 119 Å². The molecule has 0 heterocycles. The number of hydrogen-bond donors (Lipinski definition) is 2. The minimum Gasteiger partial charge on any atom is -0.378 e. The predicted molar refractivity (Wildman–Crippen MR) is 79.9 cm³/mol. The van der Waals surface area contributed by atoms with E-state index in [-0.39, 0.29) is 5.91 Å². The molecule has 106 valence electrons. The van der Waals surface area contributed by atoms with Gasteiger partial charge >= 0.3 is 0 Å². The molecule has 0 saturated carbocycles. The third-order valence-electron chi connectivity index (χ3n) is 2.79. The Bertz CT molecular complexity index is 380. The van der Waals surface area contributed by atoms with Crippen molar-refractivity contribution in [2.24, 2.45) is 0 Å². The summed E-state index contributed by atoms with van der Waals surface area (Å²) < 4.78 is 0. The lowest BCUT2D eigenvalue weighted by molar-refractivity contribution is -0.129. The van der Waals surface area contributed by atoms with Gasteiger partial charge < -0.3 is 4.90 Å². The fourth-order valence-corrected chi connectivity index (χ4v) is 2.56. The Balaban J connectivity index is 2.14. The molecular weight excluding hydrogens is 260 g/mol. The molecule has 0 saturated heterocycles. The van der Waals surface area contributed by atoms with Crippen LogP contribution in [0.3, 0.4) is 0 Å². The average Bonchev–Trinajstić information content (AvgIpc) is 2.42. The van der Waals surface area contributed by atoms with Gasteiger partial charge in [-0.3, -0.25) is 10.0 Å². The molecule has 0 spiro atoms. The summed E-state index contributed by atoms with van der Waals surface area (Å²) in [5.74, 6) is 0.758. The number of hydroxylamine groups is 1. The molecule has 0 aromatic heterocycles. The highest BCUT2D eigenvalue weighted by atomic mass is 32.2. The zero-order chi connectivity index (χ0) is 14.1. The summed E-state index contributed by atoms with van der Waals surface area (Å²) in [5, 5.41) is 8.34. The Kier molecular flexibility index (Phi) is 7.36. The SMILES string of the molecule is CN(C)c1ccc(SCCCCCC(=O)NO)cc1. The molecule has 19 heavy (non-hydrogen) atoms. The van der Waals surface area contributed by atoms with E-state index in [1.54, 1.807) is 5.48 Å². The number of anilines is 1. The number of hydrogen-bond acceptors (Lipinski definition) is 4. The van der Waals surface area contributed by atoms with Crippen molar-refractivity contribution in [3.05, 3.63) is 24.3 Å². The average molecular weight is 282 g/mol. The topological polar surface area (TPSA) is 52.6 Å². The Morgan fingerprint density at radius 1 is 1.21 bits per heavy atom. The lowest BCUT2D eigenvalue weighted by Gasteiger charge is -2.12. The number of rotatable bonds is 8. The molecule has 0 aliphatic rings. The Morgan fingerprint density at radius 2 is 1.89 bits per heavy atom. The van der Waals surface area contributed by atoms with Gasteiger partial charge in [-0.25, -0.2) is 5.48 Å². The predicted octanol–water partition coefficient (Wildman–Crippen LogP) is 2.91. The normalized spacial score (nSPS) is 10.3. The van der Waals surface area contributed by atoms with Crippen LogP contribution in [0.1, 0.15) is 25.7 Å². The van der Waals surface area contributed by atoms with E-state index in [1.807, 2.05) is 25.9 Å². The van der Waals surface area contributed by atoms with Crippen LogP contribution in [0.25, 0.3) is 0 Å². The quantitative estimate of drug-likeness (QED) is 0.333. The van der Waals surface area contributed by atoms with Crippen LogP contribution in [-0.4, -0.2) is 31.0 Å². The van der Waals surface area contributed by atoms with E-state index in [2.05, 4.69) is 29.2 Å². The number of amides is 1. The lowest BCUT2D eigenvalue weighted by Crippen LogP contribution is -2.17. The zero-order valence-corrected chi connectivity index (χ0v) is 12.4. The van der Waals surface area contributed by atoms with Crippen LogP contribution in [0.4, 0.5) is 5.69 Å². The van der Waals surface area contributed by atoms with Crippen molar-refractivity contribution in [2.45, 2.75) is 30.6 Å². The van der Waals surface area contributed by atoms with Crippen LogP contribution >= 0.6 is 11.8 Å². The first-order chi connectivity index (χ1) is 9.13. The standard InChI is InChI=1S/C14H22N2O2S/c1-16(2)12-7-9-13(10-8-12)19-11-5-3-4-6-14(17)15-18/h7-10,18H,3-6,11H2,1-2H3,(H,15,17). The van der Waals surface area contributed by atoms with E-state index in [0.29, 0.717) is 6.42 Å². The summed E-state index contributed by atoms with van der Waals surface area (Å²) in [6, 6.07) is 8.51. The third-order valence-corrected chi connectivity index (χ3v) is 3.89. The molecule has 1 aromatic rings. The van der Waals surface area contributed by atoms with Gasteiger partial charge in [0.05, 0.1) is 0 Å². The molecule has 0 fully saturated rings. The summed E-state index contributed by atoms with van der Waals surface area (Å²) >= 11 is 1.84. The van der Waals surface area contributed by atoms with Crippen LogP contribution in [0.5, 0.6) is 0 Å². The van der Waals surface area contributed by atoms with Gasteiger partial charge in [0.1, 0.15) is 0 Å². The molecule has 0 atom stereocenters. The smallest absolute Gasteiger partial charge is 0.243 e. The summed E-state index contributed by atoms with van der Waals surface area (Å²) in [6.45, 7) is 0. The van der Waals surface area contributed by atoms with E-state index in [0.717, 1.165) is 25.0 Å². The van der Waals surface area contributed by atoms with Gasteiger partial charge in [0.15, 0.2) is 0 Å². The molecule has 1 aromatic carbocycles. The van der Waals surface area contributed by atoms with Crippen LogP contribution in [0.2, 0.25) is 0 Å². The first kappa shape index (κ1) is 15.9. The molecule has 2 N–H and O–H groups in total. The fraction of sp³-hybridized carbons (Fsp3) is 0.500. The van der Waals surface area contributed by atoms with Crippen LogP contribution < -0.4 is 10.4 Å². The van der Waals surface area contributed by atoms with E-state index in [9.17, 15) is 4.79 Å². The number of nitrogens with one attached hydrogen (secondary N) is 1. The van der Waals surface area contributed by atoms with E-state index >= 15 is 0 Å². The monoisotopic (exact) mass is 282 g/mol. The third kappa shape index (κ3) is 6.50. The number of benzene rings is 1. The molecule has 0 bridgehead atoms. The highest BCUT2D eigenvalue weighted by Gasteiger charge is 1.99. The highest BCUT2D eigenvalue weighted by molar-refractivity contribution is 7.99. The van der Waals surface area contributed by atoms with Crippen molar-refractivity contribution < 1.29 is 10.0 Å². The minimum atomic E-state index is -0.299. The van der Waals surface area contributed by atoms with Crippen LogP contribution in [0, 0.1) is 0 Å². The van der Waals surface area contributed by atoms with Crippen molar-refractivity contribution in [3.63, 3.8) is 0 Å². The number of nitrogens with zero attached hydrogens (tertiary/aromatic N) is 1. The molecule has 4 nitrogen and oxygen atoms in total. The maximum absolute atomic E-state index is 10.8. The van der Waals surface area contributed by atoms with E-state index in [4.69, 9.17) is 5.21 Å². The number of thioether (sulfide) groups is 1. The molecule has 1 rings (SSSR count). The first-order valence-electron chi connectivity index (χ1n) is 6.46. The molecule has 1 amide bonds. The molecule has 0 unspecified atom stereocenters. The second-order valence-electron chi connectivity index (χ2n) is 4.58. The Morgan fingerprint density at radius 3 is 2.47 bits per heavy atom. The van der Waals surface area contributed by atoms with E-state index in [1.165, 1.54) is 10.6 Å². The second-order valence-corrected chi connectivity index (χ2v) is 5.75. The largest absolute Gasteiger partial charge is 0.378 e. The number of carbonyl (C=O) groups is 1. The van der Waals surface area contributed by atoms with Gasteiger partial charge in [-0.15, -0.1) is 11.8 Å². The lowest BCUT2D eigenvalue weighted by atomic mass is 10.2. The summed E-state index contributed by atoms with van der Waals surface area (Å²) in [4.78, 5) is 14.1. The number of carbonyl (C=O) groups excluding carboxylic acids is 1. The van der Waals surface area contributed by atoms with Crippen LogP contribution in [-0.2, 0) is 4.79 Å². The van der Waals surface area contributed by atoms with Gasteiger partial charge in [-0.05, 0) is 42.9 Å². The van der Waals surface area contributed by atoms with Crippen molar-refractivity contribution >= 4 is 23.4 Å². The second kappa shape index (κ2) is 8.82. The number of unbranched alkanes of at least 4 members (excludes halogenated alkanes) is 2. The van der Waals surface area contributed by atoms with Crippen molar-refractivity contribution in [1.29, 1.82) is 0 Å². The minimum absolute atomic E-state index is 0.299. The van der Waals surface area contributed by atoms with Crippen molar-refractivity contribution in [3.8, 4) is 0 Å². The van der Waals surface area contributed by atoms with Gasteiger partial charge in [-0.1, -0.05) is 6.42 Å². The van der Waals surface area contributed by atoms with Gasteiger partial charge in [-0.2, -0.15) is 0 Å². The first-order valence-corrected chi connectivity index (χ1v) is 7.45. The van der Waals surface area contributed by atoms with Gasteiger partial charge in [0, 0.05) is 31.1 Å². The van der Waals surface area contributed by atoms with Crippen molar-refractivity contribution in [1.82, 2.24) is 5.48 Å². The maximum atomic E-state index is 10.8. The summed E-state index contributed by atoms with van der Waals surface area (Å²) in [5.41, 5.74) is 2.86. The summed E-state index contributed by atoms with van der Waals surface area (Å²) in [7, 11) is 4.06. The Hall–Kier alpha value is -1.20. The van der Waals surface area contributed by atoms with E-state index < -0.39 is 0 Å². The van der Waals surface area contributed by atoms with Gasteiger partial charge in [0.25, 0.3) is 0 Å². The molecule has 0 aliphatic carbocycles.